The number of carbonyl (C=O) groups is 1. The van der Waals surface area contributed by atoms with Crippen molar-refractivity contribution in [1.82, 2.24) is 9.80 Å². The van der Waals surface area contributed by atoms with Crippen LogP contribution >= 0.6 is 11.8 Å². The highest BCUT2D eigenvalue weighted by Crippen LogP contribution is 2.16. The Morgan fingerprint density at radius 3 is 2.60 bits per heavy atom. The zero-order chi connectivity index (χ0) is 14.5. The Morgan fingerprint density at radius 2 is 2.00 bits per heavy atom. The molecule has 1 atom stereocenters. The molecule has 4 heteroatoms. The number of rotatable bonds is 5. The number of likely N-dealkylation sites (N-methyl/N-ethyl adjacent to an activating group) is 1. The fourth-order valence-electron chi connectivity index (χ4n) is 2.67. The van der Waals surface area contributed by atoms with Gasteiger partial charge in [0.2, 0.25) is 0 Å². The highest BCUT2D eigenvalue weighted by molar-refractivity contribution is 7.98. The summed E-state index contributed by atoms with van der Waals surface area (Å²) in [6, 6.07) is 8.52. The van der Waals surface area contributed by atoms with Gasteiger partial charge >= 0.3 is 0 Å². The van der Waals surface area contributed by atoms with E-state index < -0.39 is 0 Å². The second kappa shape index (κ2) is 7.25. The van der Waals surface area contributed by atoms with E-state index in [-0.39, 0.29) is 5.78 Å². The Bertz CT molecular complexity index is 446. The molecule has 0 bridgehead atoms. The van der Waals surface area contributed by atoms with Gasteiger partial charge in [0.1, 0.15) is 0 Å². The average molecular weight is 292 g/mol. The van der Waals surface area contributed by atoms with E-state index in [1.807, 2.05) is 30.5 Å². The molecule has 3 nitrogen and oxygen atoms in total. The Hall–Kier alpha value is -0.840. The first-order valence-electron chi connectivity index (χ1n) is 7.24. The fraction of sp³-hybridized carbons (Fsp3) is 0.562. The number of benzene rings is 1. The number of thioether (sulfide) groups is 1. The van der Waals surface area contributed by atoms with Crippen molar-refractivity contribution >= 4 is 17.5 Å². The molecule has 0 N–H and O–H groups in total. The first-order valence-corrected chi connectivity index (χ1v) is 8.46. The fourth-order valence-corrected chi connectivity index (χ4v) is 3.07. The molecule has 1 saturated heterocycles. The number of ketones is 1. The Balaban J connectivity index is 1.93. The van der Waals surface area contributed by atoms with Crippen molar-refractivity contribution in [2.75, 3.05) is 39.5 Å². The van der Waals surface area contributed by atoms with Gasteiger partial charge < -0.3 is 4.90 Å². The second-order valence-corrected chi connectivity index (χ2v) is 6.31. The molecular weight excluding hydrogens is 268 g/mol. The van der Waals surface area contributed by atoms with Gasteiger partial charge in [0, 0.05) is 36.1 Å². The lowest BCUT2D eigenvalue weighted by atomic mass is 10.1. The van der Waals surface area contributed by atoms with Gasteiger partial charge in [-0.05, 0) is 31.9 Å². The molecule has 1 aliphatic heterocycles. The summed E-state index contributed by atoms with van der Waals surface area (Å²) in [5.74, 6) is 0.233. The van der Waals surface area contributed by atoms with Crippen molar-refractivity contribution in [2.24, 2.45) is 0 Å². The molecule has 1 aromatic carbocycles. The quantitative estimate of drug-likeness (QED) is 0.615. The van der Waals surface area contributed by atoms with Crippen molar-refractivity contribution in [2.45, 2.75) is 24.3 Å². The number of hydrogen-bond donors (Lipinski definition) is 0. The predicted octanol–water partition coefficient (Wildman–Crippen LogP) is 2.62. The second-order valence-electron chi connectivity index (χ2n) is 5.43. The molecule has 1 fully saturated rings. The SMILES string of the molecule is CCC1CN(CC(=O)c2ccc(SC)cc2)CCN1C. The zero-order valence-corrected chi connectivity index (χ0v) is 13.4. The van der Waals surface area contributed by atoms with Gasteiger partial charge in [0.05, 0.1) is 6.54 Å². The van der Waals surface area contributed by atoms with Gasteiger partial charge in [-0.2, -0.15) is 0 Å². The number of hydrogen-bond acceptors (Lipinski definition) is 4. The summed E-state index contributed by atoms with van der Waals surface area (Å²) in [5, 5.41) is 0. The molecular formula is C16H24N2OS. The standard InChI is InChI=1S/C16H24N2OS/c1-4-14-11-18(10-9-17(14)2)12-16(19)13-5-7-15(20-3)8-6-13/h5-8,14H,4,9-12H2,1-3H3. The third kappa shape index (κ3) is 3.84. The highest BCUT2D eigenvalue weighted by Gasteiger charge is 2.24. The van der Waals surface area contributed by atoms with Gasteiger partial charge in [-0.25, -0.2) is 0 Å². The van der Waals surface area contributed by atoms with Crippen LogP contribution in [-0.2, 0) is 0 Å². The monoisotopic (exact) mass is 292 g/mol. The topological polar surface area (TPSA) is 23.6 Å². The lowest BCUT2D eigenvalue weighted by molar-refractivity contribution is 0.0743. The number of nitrogens with zero attached hydrogens (tertiary/aromatic N) is 2. The van der Waals surface area contributed by atoms with Crippen LogP contribution in [0.15, 0.2) is 29.2 Å². The number of carbonyl (C=O) groups excluding carboxylic acids is 1. The van der Waals surface area contributed by atoms with Crippen LogP contribution < -0.4 is 0 Å². The molecule has 1 aromatic rings. The van der Waals surface area contributed by atoms with Crippen molar-refractivity contribution in [3.63, 3.8) is 0 Å². The Kier molecular flexibility index (Phi) is 5.64. The maximum Gasteiger partial charge on any atom is 0.176 e. The van der Waals surface area contributed by atoms with Gasteiger partial charge in [-0.3, -0.25) is 9.69 Å². The number of Topliss-reactive ketones (excluding diaryl/α,β-unsaturated/α-hetero) is 1. The molecule has 0 spiro atoms. The zero-order valence-electron chi connectivity index (χ0n) is 12.6. The van der Waals surface area contributed by atoms with Crippen molar-refractivity contribution in [3.05, 3.63) is 29.8 Å². The van der Waals surface area contributed by atoms with Gasteiger partial charge in [0.25, 0.3) is 0 Å². The molecule has 0 aromatic heterocycles. The molecule has 110 valence electrons. The average Bonchev–Trinajstić information content (AvgIpc) is 2.49. The summed E-state index contributed by atoms with van der Waals surface area (Å²) in [5.41, 5.74) is 0.828. The summed E-state index contributed by atoms with van der Waals surface area (Å²) >= 11 is 1.70. The van der Waals surface area contributed by atoms with Gasteiger partial charge in [0.15, 0.2) is 5.78 Å². The first-order chi connectivity index (χ1) is 9.63. The van der Waals surface area contributed by atoms with Gasteiger partial charge in [-0.1, -0.05) is 19.1 Å². The van der Waals surface area contributed by atoms with Crippen LogP contribution in [0.3, 0.4) is 0 Å². The van der Waals surface area contributed by atoms with E-state index in [0.717, 1.165) is 31.6 Å². The van der Waals surface area contributed by atoms with E-state index in [0.29, 0.717) is 12.6 Å². The van der Waals surface area contributed by atoms with Gasteiger partial charge in [-0.15, -0.1) is 11.8 Å². The molecule has 0 aliphatic carbocycles. The summed E-state index contributed by atoms with van der Waals surface area (Å²) in [4.78, 5) is 18.2. The Morgan fingerprint density at radius 1 is 1.30 bits per heavy atom. The van der Waals surface area contributed by atoms with Crippen LogP contribution in [0.5, 0.6) is 0 Å². The number of piperazine rings is 1. The normalized spacial score (nSPS) is 21.1. The highest BCUT2D eigenvalue weighted by atomic mass is 32.2. The smallest absolute Gasteiger partial charge is 0.176 e. The summed E-state index contributed by atoms with van der Waals surface area (Å²) in [6.07, 6.45) is 3.19. The van der Waals surface area contributed by atoms with E-state index in [2.05, 4.69) is 23.8 Å². The third-order valence-electron chi connectivity index (χ3n) is 4.11. The molecule has 0 radical (unpaired) electrons. The first kappa shape index (κ1) is 15.5. The van der Waals surface area contributed by atoms with Crippen molar-refractivity contribution in [3.8, 4) is 0 Å². The minimum atomic E-state index is 0.233. The van der Waals surface area contributed by atoms with E-state index >= 15 is 0 Å². The van der Waals surface area contributed by atoms with E-state index in [9.17, 15) is 4.79 Å². The minimum absolute atomic E-state index is 0.233. The maximum atomic E-state index is 12.3. The molecule has 1 heterocycles. The van der Waals surface area contributed by atoms with E-state index in [4.69, 9.17) is 0 Å². The van der Waals surface area contributed by atoms with Crippen molar-refractivity contribution < 1.29 is 4.79 Å². The summed E-state index contributed by atoms with van der Waals surface area (Å²) in [6.45, 7) is 5.80. The Labute approximate surface area is 126 Å². The molecule has 0 saturated carbocycles. The lowest BCUT2D eigenvalue weighted by Crippen LogP contribution is -2.52. The van der Waals surface area contributed by atoms with Crippen LogP contribution in [0.2, 0.25) is 0 Å². The van der Waals surface area contributed by atoms with E-state index in [1.54, 1.807) is 11.8 Å². The molecule has 1 unspecified atom stereocenters. The molecule has 0 amide bonds. The third-order valence-corrected chi connectivity index (χ3v) is 4.86. The molecule has 20 heavy (non-hydrogen) atoms. The van der Waals surface area contributed by atoms with Crippen LogP contribution in [0.4, 0.5) is 0 Å². The van der Waals surface area contributed by atoms with Crippen LogP contribution in [0.25, 0.3) is 0 Å². The summed E-state index contributed by atoms with van der Waals surface area (Å²) in [7, 11) is 2.18. The van der Waals surface area contributed by atoms with Crippen molar-refractivity contribution in [1.29, 1.82) is 0 Å². The predicted molar refractivity (Wildman–Crippen MR) is 85.7 cm³/mol. The van der Waals surface area contributed by atoms with E-state index in [1.165, 1.54) is 4.90 Å². The largest absolute Gasteiger partial charge is 0.301 e. The maximum absolute atomic E-state index is 12.3. The van der Waals surface area contributed by atoms with Crippen LogP contribution in [0, 0.1) is 0 Å². The van der Waals surface area contributed by atoms with Crippen LogP contribution in [0.1, 0.15) is 23.7 Å². The summed E-state index contributed by atoms with van der Waals surface area (Å²) < 4.78 is 0. The minimum Gasteiger partial charge on any atom is -0.301 e. The lowest BCUT2D eigenvalue weighted by Gasteiger charge is -2.38. The van der Waals surface area contributed by atoms with Crippen LogP contribution in [-0.4, -0.2) is 61.1 Å². The molecule has 2 rings (SSSR count). The molecule has 1 aliphatic rings.